The van der Waals surface area contributed by atoms with E-state index in [9.17, 15) is 5.11 Å². The molecular formula is C24H24N4O2S. The molecule has 0 spiro atoms. The van der Waals surface area contributed by atoms with Crippen LogP contribution in [0.3, 0.4) is 0 Å². The second-order valence-electron chi connectivity index (χ2n) is 7.54. The molecule has 5 aromatic rings. The van der Waals surface area contributed by atoms with E-state index in [2.05, 4.69) is 50.3 Å². The minimum atomic E-state index is -0.570. The summed E-state index contributed by atoms with van der Waals surface area (Å²) >= 11 is 1.68. The third-order valence-corrected chi connectivity index (χ3v) is 6.29. The minimum Gasteiger partial charge on any atom is -0.491 e. The van der Waals surface area contributed by atoms with Gasteiger partial charge in [0.1, 0.15) is 24.2 Å². The molecule has 0 radical (unpaired) electrons. The number of thiophene rings is 1. The maximum Gasteiger partial charge on any atom is 0.119 e. The van der Waals surface area contributed by atoms with Gasteiger partial charge in [-0.1, -0.05) is 18.2 Å². The van der Waals surface area contributed by atoms with E-state index in [0.717, 1.165) is 45.7 Å². The zero-order chi connectivity index (χ0) is 21.0. The SMILES string of the molecule is OC(CNCCc1c[nH]c2ccccc12)COc1ccc(-c2n[nH]c3ccsc23)cc1. The molecule has 2 aromatic carbocycles. The number of hydrogen-bond donors (Lipinski definition) is 4. The molecule has 0 aliphatic heterocycles. The number of para-hydroxylation sites is 1. The number of aromatic nitrogens is 3. The van der Waals surface area contributed by atoms with E-state index in [-0.39, 0.29) is 6.61 Å². The molecule has 3 heterocycles. The monoisotopic (exact) mass is 432 g/mol. The first-order valence-corrected chi connectivity index (χ1v) is 11.2. The predicted molar refractivity (Wildman–Crippen MR) is 126 cm³/mol. The molecule has 3 aromatic heterocycles. The zero-order valence-electron chi connectivity index (χ0n) is 17.0. The van der Waals surface area contributed by atoms with Crippen molar-refractivity contribution in [2.75, 3.05) is 19.7 Å². The van der Waals surface area contributed by atoms with Gasteiger partial charge in [0.05, 0.1) is 10.2 Å². The number of rotatable bonds is 9. The van der Waals surface area contributed by atoms with Crippen LogP contribution in [-0.4, -0.2) is 46.1 Å². The number of aliphatic hydroxyl groups is 1. The summed E-state index contributed by atoms with van der Waals surface area (Å²) in [4.78, 5) is 3.29. The largest absolute Gasteiger partial charge is 0.491 e. The van der Waals surface area contributed by atoms with Crippen LogP contribution in [-0.2, 0) is 6.42 Å². The van der Waals surface area contributed by atoms with E-state index in [1.54, 1.807) is 11.3 Å². The summed E-state index contributed by atoms with van der Waals surface area (Å²) in [5, 5.41) is 24.3. The number of H-pyrrole nitrogens is 2. The van der Waals surface area contributed by atoms with Crippen molar-refractivity contribution in [3.63, 3.8) is 0 Å². The Morgan fingerprint density at radius 1 is 1.06 bits per heavy atom. The Morgan fingerprint density at radius 3 is 2.84 bits per heavy atom. The lowest BCUT2D eigenvalue weighted by Gasteiger charge is -2.13. The van der Waals surface area contributed by atoms with Gasteiger partial charge < -0.3 is 20.1 Å². The Bertz CT molecular complexity index is 1270. The molecule has 1 unspecified atom stereocenters. The highest BCUT2D eigenvalue weighted by atomic mass is 32.1. The summed E-state index contributed by atoms with van der Waals surface area (Å²) < 4.78 is 6.91. The number of aliphatic hydroxyl groups excluding tert-OH is 1. The summed E-state index contributed by atoms with van der Waals surface area (Å²) in [7, 11) is 0. The van der Waals surface area contributed by atoms with Crippen molar-refractivity contribution in [1.82, 2.24) is 20.5 Å². The fourth-order valence-corrected chi connectivity index (χ4v) is 4.59. The van der Waals surface area contributed by atoms with Crippen LogP contribution in [0.2, 0.25) is 0 Å². The lowest BCUT2D eigenvalue weighted by Crippen LogP contribution is -2.32. The molecule has 31 heavy (non-hydrogen) atoms. The zero-order valence-corrected chi connectivity index (χ0v) is 17.8. The van der Waals surface area contributed by atoms with Crippen LogP contribution >= 0.6 is 11.3 Å². The van der Waals surface area contributed by atoms with Crippen molar-refractivity contribution in [1.29, 1.82) is 0 Å². The lowest BCUT2D eigenvalue weighted by molar-refractivity contribution is 0.106. The predicted octanol–water partition coefficient (Wildman–Crippen LogP) is 4.34. The van der Waals surface area contributed by atoms with Gasteiger partial charge in [-0.05, 0) is 60.3 Å². The van der Waals surface area contributed by atoms with Crippen molar-refractivity contribution < 1.29 is 9.84 Å². The maximum absolute atomic E-state index is 10.2. The summed E-state index contributed by atoms with van der Waals surface area (Å²) in [5.41, 5.74) is 5.49. The van der Waals surface area contributed by atoms with Crippen molar-refractivity contribution >= 4 is 32.5 Å². The van der Waals surface area contributed by atoms with E-state index in [0.29, 0.717) is 6.54 Å². The Kier molecular flexibility index (Phi) is 5.71. The minimum absolute atomic E-state index is 0.247. The van der Waals surface area contributed by atoms with Gasteiger partial charge in [-0.25, -0.2) is 0 Å². The fourth-order valence-electron chi connectivity index (χ4n) is 3.73. The van der Waals surface area contributed by atoms with Gasteiger partial charge in [0.25, 0.3) is 0 Å². The van der Waals surface area contributed by atoms with Crippen molar-refractivity contribution in [2.45, 2.75) is 12.5 Å². The molecule has 6 nitrogen and oxygen atoms in total. The maximum atomic E-state index is 10.2. The lowest BCUT2D eigenvalue weighted by atomic mass is 10.1. The second-order valence-corrected chi connectivity index (χ2v) is 8.45. The Hall–Kier alpha value is -3.13. The van der Waals surface area contributed by atoms with Crippen molar-refractivity contribution in [3.05, 3.63) is 71.7 Å². The summed E-state index contributed by atoms with van der Waals surface area (Å²) in [6.07, 6.45) is 2.39. The number of aromatic amines is 2. The standard InChI is InChI=1S/C24H24N4O2S/c29-18(14-25-11-9-17-13-26-21-4-2-1-3-20(17)21)15-30-19-7-5-16(6-8-19)23-24-22(27-28-23)10-12-31-24/h1-8,10,12-13,18,25-26,29H,9,11,14-15H2,(H,27,28). The average Bonchev–Trinajstić information content (AvgIpc) is 3.52. The van der Waals surface area contributed by atoms with Crippen LogP contribution in [0.15, 0.2) is 66.2 Å². The Labute approximate surface area is 183 Å². The first-order chi connectivity index (χ1) is 15.3. The van der Waals surface area contributed by atoms with Crippen LogP contribution in [0.25, 0.3) is 32.4 Å². The van der Waals surface area contributed by atoms with Crippen LogP contribution in [0, 0.1) is 0 Å². The third-order valence-electron chi connectivity index (χ3n) is 5.36. The number of nitrogens with zero attached hydrogens (tertiary/aromatic N) is 1. The molecular weight excluding hydrogens is 408 g/mol. The van der Waals surface area contributed by atoms with Gasteiger partial charge in [0, 0.05) is 29.2 Å². The molecule has 4 N–H and O–H groups in total. The molecule has 158 valence electrons. The molecule has 0 saturated heterocycles. The first-order valence-electron chi connectivity index (χ1n) is 10.4. The molecule has 0 fully saturated rings. The number of nitrogens with one attached hydrogen (secondary N) is 3. The van der Waals surface area contributed by atoms with E-state index in [4.69, 9.17) is 4.74 Å². The van der Waals surface area contributed by atoms with Crippen LogP contribution < -0.4 is 10.1 Å². The first kappa shape index (κ1) is 19.8. The van der Waals surface area contributed by atoms with Gasteiger partial charge in [-0.15, -0.1) is 11.3 Å². The number of hydrogen-bond acceptors (Lipinski definition) is 5. The molecule has 0 saturated carbocycles. The van der Waals surface area contributed by atoms with Crippen LogP contribution in [0.1, 0.15) is 5.56 Å². The van der Waals surface area contributed by atoms with E-state index < -0.39 is 6.10 Å². The smallest absolute Gasteiger partial charge is 0.119 e. The second kappa shape index (κ2) is 8.93. The van der Waals surface area contributed by atoms with Crippen LogP contribution in [0.5, 0.6) is 5.75 Å². The Morgan fingerprint density at radius 2 is 1.94 bits per heavy atom. The van der Waals surface area contributed by atoms with E-state index in [1.807, 2.05) is 36.4 Å². The summed E-state index contributed by atoms with van der Waals surface area (Å²) in [6.45, 7) is 1.54. The molecule has 7 heteroatoms. The Balaban J connectivity index is 1.07. The van der Waals surface area contributed by atoms with Crippen LogP contribution in [0.4, 0.5) is 0 Å². The molecule has 0 aliphatic rings. The number of ether oxygens (including phenoxy) is 1. The van der Waals surface area contributed by atoms with Gasteiger partial charge >= 0.3 is 0 Å². The van der Waals surface area contributed by atoms with Gasteiger partial charge in [-0.2, -0.15) is 5.10 Å². The molecule has 0 amide bonds. The highest BCUT2D eigenvalue weighted by molar-refractivity contribution is 7.17. The van der Waals surface area contributed by atoms with Gasteiger partial charge in [-0.3, -0.25) is 5.10 Å². The van der Waals surface area contributed by atoms with Crippen molar-refractivity contribution in [2.24, 2.45) is 0 Å². The third kappa shape index (κ3) is 4.34. The van der Waals surface area contributed by atoms with Gasteiger partial charge in [0.2, 0.25) is 0 Å². The van der Waals surface area contributed by atoms with E-state index >= 15 is 0 Å². The number of benzene rings is 2. The van der Waals surface area contributed by atoms with Crippen molar-refractivity contribution in [3.8, 4) is 17.0 Å². The quantitative estimate of drug-likeness (QED) is 0.261. The normalized spacial score (nSPS) is 12.5. The molecule has 0 aliphatic carbocycles. The highest BCUT2D eigenvalue weighted by Crippen LogP contribution is 2.31. The molecule has 1 atom stereocenters. The topological polar surface area (TPSA) is 86.0 Å². The average molecular weight is 433 g/mol. The summed E-state index contributed by atoms with van der Waals surface area (Å²) in [6, 6.07) is 18.2. The number of fused-ring (bicyclic) bond motifs is 2. The molecule has 0 bridgehead atoms. The van der Waals surface area contributed by atoms with Gasteiger partial charge in [0.15, 0.2) is 0 Å². The van der Waals surface area contributed by atoms with E-state index in [1.165, 1.54) is 10.9 Å². The molecule has 5 rings (SSSR count). The fraction of sp³-hybridized carbons (Fsp3) is 0.208. The summed E-state index contributed by atoms with van der Waals surface area (Å²) in [5.74, 6) is 0.736. The highest BCUT2D eigenvalue weighted by Gasteiger charge is 2.10.